The van der Waals surface area contributed by atoms with Crippen LogP contribution >= 0.6 is 0 Å². The molecule has 144 valence electrons. The fraction of sp³-hybridized carbons (Fsp3) is 0.800. The van der Waals surface area contributed by atoms with Gasteiger partial charge in [0.2, 0.25) is 0 Å². The molecular formula is C20H35NO4. The van der Waals surface area contributed by atoms with Crippen LogP contribution in [0, 0.1) is 11.8 Å². The monoisotopic (exact) mass is 353 g/mol. The number of rotatable bonds is 13. The van der Waals surface area contributed by atoms with E-state index in [-0.39, 0.29) is 18.4 Å². The normalized spacial score (nSPS) is 23.5. The lowest BCUT2D eigenvalue weighted by molar-refractivity contribution is -0.137. The minimum absolute atomic E-state index is 0.244. The van der Waals surface area contributed by atoms with E-state index < -0.39 is 5.97 Å². The van der Waals surface area contributed by atoms with E-state index in [0.717, 1.165) is 76.3 Å². The van der Waals surface area contributed by atoms with Crippen molar-refractivity contribution in [3.8, 4) is 0 Å². The van der Waals surface area contributed by atoms with E-state index in [1.807, 2.05) is 6.08 Å². The number of allylic oxidation sites excluding steroid dienone is 1. The minimum Gasteiger partial charge on any atom is -0.481 e. The zero-order valence-electron chi connectivity index (χ0n) is 15.6. The number of aliphatic hydroxyl groups excluding tert-OH is 1. The minimum atomic E-state index is -0.729. The Morgan fingerprint density at radius 3 is 2.68 bits per heavy atom. The van der Waals surface area contributed by atoms with E-state index in [9.17, 15) is 15.1 Å². The van der Waals surface area contributed by atoms with Crippen LogP contribution in [0.4, 0.5) is 0 Å². The van der Waals surface area contributed by atoms with Crippen LogP contribution in [-0.2, 0) is 4.79 Å². The number of carboxylic acid groups (broad SMARTS) is 1. The number of oxime groups is 1. The number of hydrogen-bond acceptors (Lipinski definition) is 4. The van der Waals surface area contributed by atoms with Gasteiger partial charge in [-0.1, -0.05) is 62.8 Å². The Balaban J connectivity index is 2.38. The quantitative estimate of drug-likeness (QED) is 0.193. The molecule has 3 N–H and O–H groups in total. The number of carboxylic acids is 1. The molecule has 1 aliphatic rings. The largest absolute Gasteiger partial charge is 0.481 e. The standard InChI is InChI=1S/C20H35NO4/c1-2-3-6-9-17(22)14-12-16-13-15-19(21-25)18(16)10-7-4-5-8-11-20(23)24/h12,14,16-18,22,25H,2-11,13,15H2,1H3,(H,23,24)/t16-,17+,18+/m1/s1. The first-order valence-electron chi connectivity index (χ1n) is 9.87. The molecule has 0 bridgehead atoms. The molecule has 0 saturated heterocycles. The molecule has 0 amide bonds. The van der Waals surface area contributed by atoms with E-state index in [2.05, 4.69) is 18.2 Å². The maximum atomic E-state index is 10.5. The molecule has 3 atom stereocenters. The highest BCUT2D eigenvalue weighted by Crippen LogP contribution is 2.34. The average Bonchev–Trinajstić information content (AvgIpc) is 2.98. The van der Waals surface area contributed by atoms with E-state index in [1.54, 1.807) is 0 Å². The van der Waals surface area contributed by atoms with Gasteiger partial charge in [-0.05, 0) is 38.0 Å². The molecule has 0 unspecified atom stereocenters. The van der Waals surface area contributed by atoms with Crippen molar-refractivity contribution in [2.45, 2.75) is 90.1 Å². The maximum absolute atomic E-state index is 10.5. The summed E-state index contributed by atoms with van der Waals surface area (Å²) in [5.41, 5.74) is 0.876. The molecule has 1 rings (SSSR count). The molecular weight excluding hydrogens is 318 g/mol. The van der Waals surface area contributed by atoms with Gasteiger partial charge in [-0.2, -0.15) is 0 Å². The second-order valence-electron chi connectivity index (χ2n) is 7.20. The molecule has 5 nitrogen and oxygen atoms in total. The van der Waals surface area contributed by atoms with Gasteiger partial charge in [0.05, 0.1) is 11.8 Å². The summed E-state index contributed by atoms with van der Waals surface area (Å²) in [6.45, 7) is 2.16. The van der Waals surface area contributed by atoms with Crippen LogP contribution in [0.25, 0.3) is 0 Å². The third kappa shape index (κ3) is 9.05. The van der Waals surface area contributed by atoms with Crippen LogP contribution in [0.2, 0.25) is 0 Å². The van der Waals surface area contributed by atoms with Crippen LogP contribution in [0.3, 0.4) is 0 Å². The van der Waals surface area contributed by atoms with Gasteiger partial charge in [0.1, 0.15) is 0 Å². The molecule has 5 heteroatoms. The van der Waals surface area contributed by atoms with Crippen molar-refractivity contribution < 1.29 is 20.2 Å². The van der Waals surface area contributed by atoms with E-state index in [4.69, 9.17) is 5.11 Å². The van der Waals surface area contributed by atoms with Gasteiger partial charge in [-0.15, -0.1) is 0 Å². The summed E-state index contributed by atoms with van der Waals surface area (Å²) in [7, 11) is 0. The number of unbranched alkanes of at least 4 members (excludes halogenated alkanes) is 5. The Kier molecular flexibility index (Phi) is 11.2. The molecule has 1 aliphatic carbocycles. The SMILES string of the molecule is CCCCC[C@H](O)C=C[C@@H]1CCC(=NO)[C@H]1CCCCCCC(=O)O. The predicted molar refractivity (Wildman–Crippen MR) is 100 cm³/mol. The van der Waals surface area contributed by atoms with E-state index in [0.29, 0.717) is 5.92 Å². The van der Waals surface area contributed by atoms with Crippen molar-refractivity contribution in [1.82, 2.24) is 0 Å². The average molecular weight is 354 g/mol. The lowest BCUT2D eigenvalue weighted by Crippen LogP contribution is -2.14. The van der Waals surface area contributed by atoms with Crippen LogP contribution < -0.4 is 0 Å². The van der Waals surface area contributed by atoms with Crippen molar-refractivity contribution in [1.29, 1.82) is 0 Å². The highest BCUT2D eigenvalue weighted by atomic mass is 16.4. The summed E-state index contributed by atoms with van der Waals surface area (Å²) in [5, 5.41) is 31.4. The highest BCUT2D eigenvalue weighted by Gasteiger charge is 2.31. The molecule has 0 aromatic rings. The summed E-state index contributed by atoms with van der Waals surface area (Å²) in [6.07, 6.45) is 14.5. The molecule has 25 heavy (non-hydrogen) atoms. The van der Waals surface area contributed by atoms with Gasteiger partial charge >= 0.3 is 5.97 Å². The van der Waals surface area contributed by atoms with Crippen LogP contribution in [0.1, 0.15) is 84.0 Å². The number of nitrogens with zero attached hydrogens (tertiary/aromatic N) is 1. The summed E-state index contributed by atoms with van der Waals surface area (Å²) in [5.74, 6) is -0.137. The molecule has 0 aromatic heterocycles. The maximum Gasteiger partial charge on any atom is 0.303 e. The molecule has 1 saturated carbocycles. The Labute approximate surface area is 151 Å². The summed E-state index contributed by atoms with van der Waals surface area (Å²) < 4.78 is 0. The van der Waals surface area contributed by atoms with Gasteiger partial charge in [0.25, 0.3) is 0 Å². The Morgan fingerprint density at radius 2 is 2.00 bits per heavy atom. The molecule has 0 heterocycles. The van der Waals surface area contributed by atoms with Gasteiger partial charge in [0.15, 0.2) is 0 Å². The zero-order valence-corrected chi connectivity index (χ0v) is 15.6. The lowest BCUT2D eigenvalue weighted by atomic mass is 9.89. The van der Waals surface area contributed by atoms with E-state index in [1.165, 1.54) is 0 Å². The third-order valence-electron chi connectivity index (χ3n) is 5.15. The highest BCUT2D eigenvalue weighted by molar-refractivity contribution is 5.88. The van der Waals surface area contributed by atoms with Crippen molar-refractivity contribution >= 4 is 11.7 Å². The fourth-order valence-electron chi connectivity index (χ4n) is 3.65. The summed E-state index contributed by atoms with van der Waals surface area (Å²) in [6, 6.07) is 0. The summed E-state index contributed by atoms with van der Waals surface area (Å²) >= 11 is 0. The van der Waals surface area contributed by atoms with Crippen molar-refractivity contribution in [3.63, 3.8) is 0 Å². The first-order valence-corrected chi connectivity index (χ1v) is 9.87. The first-order chi connectivity index (χ1) is 12.1. The number of carbonyl (C=O) groups is 1. The van der Waals surface area contributed by atoms with Gasteiger partial charge < -0.3 is 15.4 Å². The predicted octanol–water partition coefficient (Wildman–Crippen LogP) is 4.77. The van der Waals surface area contributed by atoms with E-state index >= 15 is 0 Å². The zero-order chi connectivity index (χ0) is 18.5. The van der Waals surface area contributed by atoms with Gasteiger partial charge in [-0.3, -0.25) is 4.79 Å². The second-order valence-corrected chi connectivity index (χ2v) is 7.20. The van der Waals surface area contributed by atoms with Gasteiger partial charge in [0, 0.05) is 12.3 Å². The van der Waals surface area contributed by atoms with Gasteiger partial charge in [-0.25, -0.2) is 0 Å². The van der Waals surface area contributed by atoms with Crippen LogP contribution in [-0.4, -0.2) is 33.2 Å². The lowest BCUT2D eigenvalue weighted by Gasteiger charge is -2.17. The van der Waals surface area contributed by atoms with Crippen molar-refractivity contribution in [2.24, 2.45) is 17.0 Å². The molecule has 0 aromatic carbocycles. The first kappa shape index (κ1) is 21.7. The third-order valence-corrected chi connectivity index (χ3v) is 5.15. The Hall–Kier alpha value is -1.36. The number of aliphatic carboxylic acids is 1. The molecule has 0 aliphatic heterocycles. The van der Waals surface area contributed by atoms with Crippen LogP contribution in [0.5, 0.6) is 0 Å². The Morgan fingerprint density at radius 1 is 1.24 bits per heavy atom. The van der Waals surface area contributed by atoms with Crippen LogP contribution in [0.15, 0.2) is 17.3 Å². The van der Waals surface area contributed by atoms with Crippen molar-refractivity contribution in [3.05, 3.63) is 12.2 Å². The Bertz CT molecular complexity index is 433. The number of aliphatic hydroxyl groups is 1. The smallest absolute Gasteiger partial charge is 0.303 e. The molecule has 0 spiro atoms. The molecule has 0 radical (unpaired) electrons. The fourth-order valence-corrected chi connectivity index (χ4v) is 3.65. The summed E-state index contributed by atoms with van der Waals surface area (Å²) in [4.78, 5) is 10.5. The number of hydrogen-bond donors (Lipinski definition) is 3. The molecule has 1 fully saturated rings. The van der Waals surface area contributed by atoms with Crippen molar-refractivity contribution in [2.75, 3.05) is 0 Å². The topological polar surface area (TPSA) is 90.1 Å². The second kappa shape index (κ2) is 12.9.